The predicted octanol–water partition coefficient (Wildman–Crippen LogP) is 5.11. The molecule has 4 heteroatoms. The summed E-state index contributed by atoms with van der Waals surface area (Å²) in [5, 5.41) is 9.99. The summed E-state index contributed by atoms with van der Waals surface area (Å²) in [5.74, 6) is 1.66. The maximum Gasteiger partial charge on any atom is 0.128 e. The van der Waals surface area contributed by atoms with Crippen molar-refractivity contribution in [1.82, 2.24) is 0 Å². The van der Waals surface area contributed by atoms with Crippen LogP contribution in [-0.4, -0.2) is 24.5 Å². The number of nitrogens with zero attached hydrogens (tertiary/aromatic N) is 1. The second-order valence-electron chi connectivity index (χ2n) is 5.46. The molecule has 0 amide bonds. The molecule has 0 atom stereocenters. The van der Waals surface area contributed by atoms with Gasteiger partial charge < -0.3 is 14.6 Å². The summed E-state index contributed by atoms with van der Waals surface area (Å²) in [6.45, 7) is 5.40. The molecule has 1 N–H and O–H groups in total. The molecule has 0 unspecified atom stereocenters. The van der Waals surface area contributed by atoms with Crippen LogP contribution in [0.25, 0.3) is 0 Å². The zero-order valence-corrected chi connectivity index (χ0v) is 14.4. The Hall–Kier alpha value is -2.49. The van der Waals surface area contributed by atoms with Gasteiger partial charge >= 0.3 is 0 Å². The third-order valence-electron chi connectivity index (χ3n) is 3.52. The predicted molar refractivity (Wildman–Crippen MR) is 98.0 cm³/mol. The van der Waals surface area contributed by atoms with Crippen molar-refractivity contribution in [2.24, 2.45) is 4.99 Å². The summed E-state index contributed by atoms with van der Waals surface area (Å²) in [5.41, 5.74) is 1.46. The van der Waals surface area contributed by atoms with E-state index >= 15 is 0 Å². The number of rotatable bonds is 9. The van der Waals surface area contributed by atoms with Gasteiger partial charge in [-0.1, -0.05) is 19.8 Å². The van der Waals surface area contributed by atoms with E-state index in [0.717, 1.165) is 24.5 Å². The molecule has 0 heterocycles. The van der Waals surface area contributed by atoms with E-state index in [-0.39, 0.29) is 5.75 Å². The molecule has 0 saturated heterocycles. The third-order valence-corrected chi connectivity index (χ3v) is 3.52. The molecule has 24 heavy (non-hydrogen) atoms. The second-order valence-corrected chi connectivity index (χ2v) is 5.46. The Bertz CT molecular complexity index is 650. The SMILES string of the molecule is CCCCCOc1ccc(N=Cc2ccc(OCC)cc2O)cc1. The molecular formula is C20H25NO3. The highest BCUT2D eigenvalue weighted by atomic mass is 16.5. The molecule has 2 aromatic rings. The first-order chi connectivity index (χ1) is 11.7. The van der Waals surface area contributed by atoms with Gasteiger partial charge in [0.25, 0.3) is 0 Å². The van der Waals surface area contributed by atoms with Crippen LogP contribution in [0.2, 0.25) is 0 Å². The minimum Gasteiger partial charge on any atom is -0.507 e. The van der Waals surface area contributed by atoms with Crippen molar-refractivity contribution < 1.29 is 14.6 Å². The van der Waals surface area contributed by atoms with Gasteiger partial charge in [0, 0.05) is 17.8 Å². The van der Waals surface area contributed by atoms with Gasteiger partial charge in [-0.2, -0.15) is 0 Å². The molecule has 2 aromatic carbocycles. The first-order valence-corrected chi connectivity index (χ1v) is 8.45. The number of hydrogen-bond acceptors (Lipinski definition) is 4. The molecule has 0 spiro atoms. The number of unbranched alkanes of at least 4 members (excludes halogenated alkanes) is 2. The lowest BCUT2D eigenvalue weighted by molar-refractivity contribution is 0.306. The number of phenolic OH excluding ortho intramolecular Hbond substituents is 1. The lowest BCUT2D eigenvalue weighted by Crippen LogP contribution is -1.96. The van der Waals surface area contributed by atoms with Gasteiger partial charge in [-0.15, -0.1) is 0 Å². The fourth-order valence-corrected chi connectivity index (χ4v) is 2.20. The Morgan fingerprint density at radius 1 is 0.958 bits per heavy atom. The first-order valence-electron chi connectivity index (χ1n) is 8.45. The Balaban J connectivity index is 1.94. The van der Waals surface area contributed by atoms with Crippen LogP contribution in [0.3, 0.4) is 0 Å². The average Bonchev–Trinajstić information content (AvgIpc) is 2.59. The summed E-state index contributed by atoms with van der Waals surface area (Å²) < 4.78 is 11.0. The highest BCUT2D eigenvalue weighted by molar-refractivity contribution is 5.85. The normalized spacial score (nSPS) is 10.9. The number of aliphatic imine (C=N–C) groups is 1. The molecule has 128 valence electrons. The number of phenols is 1. The van der Waals surface area contributed by atoms with Gasteiger partial charge in [0.15, 0.2) is 0 Å². The van der Waals surface area contributed by atoms with Crippen molar-refractivity contribution in [3.05, 3.63) is 48.0 Å². The van der Waals surface area contributed by atoms with Crippen LogP contribution < -0.4 is 9.47 Å². The monoisotopic (exact) mass is 327 g/mol. The molecule has 4 nitrogen and oxygen atoms in total. The zero-order valence-electron chi connectivity index (χ0n) is 14.4. The maximum absolute atomic E-state index is 9.99. The number of ether oxygens (including phenoxy) is 2. The average molecular weight is 327 g/mol. The Morgan fingerprint density at radius 3 is 2.38 bits per heavy atom. The van der Waals surface area contributed by atoms with Crippen molar-refractivity contribution in [1.29, 1.82) is 0 Å². The minimum absolute atomic E-state index is 0.153. The molecular weight excluding hydrogens is 302 g/mol. The molecule has 0 fully saturated rings. The van der Waals surface area contributed by atoms with Crippen LogP contribution >= 0.6 is 0 Å². The van der Waals surface area contributed by atoms with Crippen LogP contribution in [0.1, 0.15) is 38.7 Å². The molecule has 0 saturated carbocycles. The van der Waals surface area contributed by atoms with Gasteiger partial charge in [0.2, 0.25) is 0 Å². The standard InChI is InChI=1S/C20H25NO3/c1-3-5-6-13-24-18-11-8-17(9-12-18)21-15-16-7-10-19(23-4-2)14-20(16)22/h7-12,14-15,22H,3-6,13H2,1-2H3. The summed E-state index contributed by atoms with van der Waals surface area (Å²) >= 11 is 0. The van der Waals surface area contributed by atoms with Crippen molar-refractivity contribution in [2.75, 3.05) is 13.2 Å². The molecule has 0 aromatic heterocycles. The summed E-state index contributed by atoms with van der Waals surface area (Å²) in [7, 11) is 0. The minimum atomic E-state index is 0.153. The van der Waals surface area contributed by atoms with Crippen molar-refractivity contribution in [2.45, 2.75) is 33.1 Å². The lowest BCUT2D eigenvalue weighted by Gasteiger charge is -2.06. The van der Waals surface area contributed by atoms with Crippen LogP contribution in [0, 0.1) is 0 Å². The van der Waals surface area contributed by atoms with Crippen LogP contribution in [0.4, 0.5) is 5.69 Å². The van der Waals surface area contributed by atoms with Crippen molar-refractivity contribution in [3.8, 4) is 17.2 Å². The van der Waals surface area contributed by atoms with Crippen LogP contribution in [0.15, 0.2) is 47.5 Å². The van der Waals surface area contributed by atoms with Crippen molar-refractivity contribution in [3.63, 3.8) is 0 Å². The smallest absolute Gasteiger partial charge is 0.128 e. The molecule has 0 aliphatic carbocycles. The maximum atomic E-state index is 9.99. The highest BCUT2D eigenvalue weighted by Gasteiger charge is 2.01. The van der Waals surface area contributed by atoms with Crippen LogP contribution in [0.5, 0.6) is 17.2 Å². The summed E-state index contributed by atoms with van der Waals surface area (Å²) in [6, 6.07) is 12.8. The lowest BCUT2D eigenvalue weighted by atomic mass is 10.2. The Labute approximate surface area is 143 Å². The van der Waals surface area contributed by atoms with E-state index in [1.54, 1.807) is 18.3 Å². The topological polar surface area (TPSA) is 51.0 Å². The second kappa shape index (κ2) is 9.60. The number of benzene rings is 2. The van der Waals surface area contributed by atoms with Gasteiger partial charge in [0.05, 0.1) is 18.9 Å². The Kier molecular flexibility index (Phi) is 7.15. The quantitative estimate of drug-likeness (QED) is 0.514. The Morgan fingerprint density at radius 2 is 1.71 bits per heavy atom. The van der Waals surface area contributed by atoms with Gasteiger partial charge in [-0.25, -0.2) is 0 Å². The van der Waals surface area contributed by atoms with E-state index in [2.05, 4.69) is 11.9 Å². The molecule has 0 aliphatic heterocycles. The molecule has 0 radical (unpaired) electrons. The van der Waals surface area contributed by atoms with E-state index in [0.29, 0.717) is 17.9 Å². The fraction of sp³-hybridized carbons (Fsp3) is 0.350. The van der Waals surface area contributed by atoms with E-state index in [1.165, 1.54) is 12.8 Å². The summed E-state index contributed by atoms with van der Waals surface area (Å²) in [6.07, 6.45) is 5.10. The fourth-order valence-electron chi connectivity index (χ4n) is 2.20. The molecule has 2 rings (SSSR count). The van der Waals surface area contributed by atoms with E-state index in [1.807, 2.05) is 37.3 Å². The van der Waals surface area contributed by atoms with E-state index < -0.39 is 0 Å². The van der Waals surface area contributed by atoms with Gasteiger partial charge in [0.1, 0.15) is 17.2 Å². The highest BCUT2D eigenvalue weighted by Crippen LogP contribution is 2.24. The van der Waals surface area contributed by atoms with Crippen LogP contribution in [-0.2, 0) is 0 Å². The molecule has 0 bridgehead atoms. The number of hydrogen-bond donors (Lipinski definition) is 1. The van der Waals surface area contributed by atoms with Gasteiger partial charge in [-0.3, -0.25) is 4.99 Å². The zero-order chi connectivity index (χ0) is 17.2. The molecule has 0 aliphatic rings. The van der Waals surface area contributed by atoms with Crippen molar-refractivity contribution >= 4 is 11.9 Å². The number of aromatic hydroxyl groups is 1. The van der Waals surface area contributed by atoms with E-state index in [4.69, 9.17) is 9.47 Å². The van der Waals surface area contributed by atoms with Gasteiger partial charge in [-0.05, 0) is 49.7 Å². The van der Waals surface area contributed by atoms with E-state index in [9.17, 15) is 5.11 Å². The summed E-state index contributed by atoms with van der Waals surface area (Å²) in [4.78, 5) is 4.38. The first kappa shape index (κ1) is 17.9. The third kappa shape index (κ3) is 5.61. The largest absolute Gasteiger partial charge is 0.507 e.